The van der Waals surface area contributed by atoms with Crippen LogP contribution >= 0.6 is 0 Å². The molecule has 4 nitrogen and oxygen atoms in total. The monoisotopic (exact) mass is 232 g/mol. The van der Waals surface area contributed by atoms with Crippen molar-refractivity contribution in [2.45, 2.75) is 57.9 Å². The lowest BCUT2D eigenvalue weighted by Gasteiger charge is -2.23. The summed E-state index contributed by atoms with van der Waals surface area (Å²) in [7, 11) is 0. The lowest BCUT2D eigenvalue weighted by atomic mass is 9.88. The topological polar surface area (TPSA) is 72.0 Å². The van der Waals surface area contributed by atoms with E-state index in [1.54, 1.807) is 0 Å². The van der Waals surface area contributed by atoms with Gasteiger partial charge in [0, 0.05) is 0 Å². The predicted molar refractivity (Wildman–Crippen MR) is 67.1 cm³/mol. The van der Waals surface area contributed by atoms with Crippen LogP contribution in [0.2, 0.25) is 0 Å². The molecule has 0 aromatic rings. The zero-order valence-corrected chi connectivity index (χ0v) is 10.7. The van der Waals surface area contributed by atoms with Crippen LogP contribution in [0.4, 0.5) is 0 Å². The molecular weight excluding hydrogens is 212 g/mol. The van der Waals surface area contributed by atoms with Crippen LogP contribution in [0.3, 0.4) is 0 Å². The fourth-order valence-electron chi connectivity index (χ4n) is 2.10. The first kappa shape index (κ1) is 13.5. The van der Waals surface area contributed by atoms with Crippen LogP contribution in [0.1, 0.15) is 52.4 Å². The number of nitrogens with zero attached hydrogens (tertiary/aromatic N) is 3. The zero-order chi connectivity index (χ0) is 12.7. The summed E-state index contributed by atoms with van der Waals surface area (Å²) in [6, 6.07) is 4.54. The van der Waals surface area contributed by atoms with Gasteiger partial charge in [0.05, 0.1) is 23.8 Å². The van der Waals surface area contributed by atoms with Gasteiger partial charge in [0.2, 0.25) is 0 Å². The Morgan fingerprint density at radius 3 is 2.82 bits per heavy atom. The maximum atomic E-state index is 9.12. The van der Waals surface area contributed by atoms with Crippen LogP contribution in [0.5, 0.6) is 0 Å². The van der Waals surface area contributed by atoms with E-state index < -0.39 is 5.54 Å². The summed E-state index contributed by atoms with van der Waals surface area (Å²) in [6.45, 7) is 3.90. The molecule has 4 heteroatoms. The Morgan fingerprint density at radius 1 is 1.47 bits per heavy atom. The molecule has 1 aliphatic rings. The summed E-state index contributed by atoms with van der Waals surface area (Å²) >= 11 is 0. The molecule has 0 saturated heterocycles. The fraction of sp³-hybridized carbons (Fsp3) is 0.769. The molecule has 0 spiro atoms. The van der Waals surface area contributed by atoms with Crippen molar-refractivity contribution in [3.8, 4) is 12.1 Å². The second-order valence-corrected chi connectivity index (χ2v) is 4.84. The first-order chi connectivity index (χ1) is 8.15. The van der Waals surface area contributed by atoms with Crippen molar-refractivity contribution in [1.29, 1.82) is 10.5 Å². The average Bonchev–Trinajstić information content (AvgIpc) is 2.37. The van der Waals surface area contributed by atoms with Gasteiger partial charge in [0.15, 0.2) is 0 Å². The van der Waals surface area contributed by atoms with Crippen LogP contribution < -0.4 is 5.43 Å². The van der Waals surface area contributed by atoms with Crippen LogP contribution in [0.25, 0.3) is 0 Å². The molecule has 0 radical (unpaired) electrons. The van der Waals surface area contributed by atoms with Crippen molar-refractivity contribution >= 4 is 5.71 Å². The number of nitriles is 2. The van der Waals surface area contributed by atoms with E-state index in [9.17, 15) is 0 Å². The Balaban J connectivity index is 2.68. The van der Waals surface area contributed by atoms with E-state index in [0.717, 1.165) is 44.2 Å². The van der Waals surface area contributed by atoms with E-state index in [4.69, 9.17) is 10.5 Å². The molecule has 2 unspecified atom stereocenters. The predicted octanol–water partition coefficient (Wildman–Crippen LogP) is 2.73. The Bertz CT molecular complexity index is 361. The lowest BCUT2D eigenvalue weighted by Crippen LogP contribution is -2.38. The van der Waals surface area contributed by atoms with Crippen molar-refractivity contribution in [1.82, 2.24) is 5.43 Å². The molecular formula is C13H20N4. The number of hydrogen-bond donors (Lipinski definition) is 1. The standard InChI is InChI=1S/C13H20N4/c1-3-8-13(2,10-15)17-16-12-7-5-4-6-11(12)9-14/h11,17H,3-8H2,1-2H3. The summed E-state index contributed by atoms with van der Waals surface area (Å²) < 4.78 is 0. The largest absolute Gasteiger partial charge is 0.290 e. The smallest absolute Gasteiger partial charge is 0.138 e. The van der Waals surface area contributed by atoms with E-state index in [1.807, 2.05) is 13.8 Å². The number of nitrogens with one attached hydrogen (secondary N) is 1. The first-order valence-corrected chi connectivity index (χ1v) is 6.29. The third-order valence-electron chi connectivity index (χ3n) is 3.18. The maximum Gasteiger partial charge on any atom is 0.138 e. The molecule has 0 bridgehead atoms. The van der Waals surface area contributed by atoms with Gasteiger partial charge in [-0.2, -0.15) is 15.6 Å². The molecule has 0 aromatic carbocycles. The van der Waals surface area contributed by atoms with Gasteiger partial charge >= 0.3 is 0 Å². The second kappa shape index (κ2) is 6.25. The van der Waals surface area contributed by atoms with E-state index in [0.29, 0.717) is 0 Å². The SMILES string of the molecule is CCCC(C)(C#N)NN=C1CCCCC1C#N. The highest BCUT2D eigenvalue weighted by molar-refractivity contribution is 5.89. The number of hydrazone groups is 1. The quantitative estimate of drug-likeness (QED) is 0.757. The van der Waals surface area contributed by atoms with Crippen molar-refractivity contribution in [2.75, 3.05) is 0 Å². The van der Waals surface area contributed by atoms with Gasteiger partial charge in [0.25, 0.3) is 0 Å². The highest BCUT2D eigenvalue weighted by Crippen LogP contribution is 2.21. The summed E-state index contributed by atoms with van der Waals surface area (Å²) in [5, 5.41) is 22.5. The third kappa shape index (κ3) is 3.75. The van der Waals surface area contributed by atoms with Gasteiger partial charge in [-0.15, -0.1) is 0 Å². The summed E-state index contributed by atoms with van der Waals surface area (Å²) in [4.78, 5) is 0. The molecule has 0 heterocycles. The van der Waals surface area contributed by atoms with E-state index in [1.165, 1.54) is 0 Å². The van der Waals surface area contributed by atoms with Gasteiger partial charge in [-0.25, -0.2) is 0 Å². The normalized spacial score (nSPS) is 25.6. The maximum absolute atomic E-state index is 9.12. The van der Waals surface area contributed by atoms with Gasteiger partial charge in [0.1, 0.15) is 5.54 Å². The number of rotatable bonds is 4. The van der Waals surface area contributed by atoms with Gasteiger partial charge in [-0.1, -0.05) is 19.8 Å². The van der Waals surface area contributed by atoms with Crippen molar-refractivity contribution in [3.63, 3.8) is 0 Å². The molecule has 0 amide bonds. The fourth-order valence-corrected chi connectivity index (χ4v) is 2.10. The Hall–Kier alpha value is -1.55. The minimum Gasteiger partial charge on any atom is -0.290 e. The molecule has 17 heavy (non-hydrogen) atoms. The van der Waals surface area contributed by atoms with Crippen LogP contribution in [-0.2, 0) is 0 Å². The summed E-state index contributed by atoms with van der Waals surface area (Å²) in [5.41, 5.74) is 3.26. The molecule has 0 aliphatic heterocycles. The van der Waals surface area contributed by atoms with Gasteiger partial charge in [-0.3, -0.25) is 5.43 Å². The van der Waals surface area contributed by atoms with Crippen LogP contribution in [0, 0.1) is 28.6 Å². The highest BCUT2D eigenvalue weighted by Gasteiger charge is 2.24. The van der Waals surface area contributed by atoms with Gasteiger partial charge in [-0.05, 0) is 32.6 Å². The molecule has 0 aromatic heterocycles. The average molecular weight is 232 g/mol. The van der Waals surface area contributed by atoms with E-state index in [2.05, 4.69) is 22.7 Å². The zero-order valence-electron chi connectivity index (χ0n) is 10.7. The molecule has 92 valence electrons. The van der Waals surface area contributed by atoms with Crippen LogP contribution in [-0.4, -0.2) is 11.3 Å². The van der Waals surface area contributed by atoms with Crippen LogP contribution in [0.15, 0.2) is 5.10 Å². The Kier molecular flexibility index (Phi) is 4.97. The molecule has 1 saturated carbocycles. The lowest BCUT2D eigenvalue weighted by molar-refractivity contribution is 0.422. The molecule has 1 rings (SSSR count). The molecule has 1 aliphatic carbocycles. The second-order valence-electron chi connectivity index (χ2n) is 4.84. The molecule has 1 N–H and O–H groups in total. The highest BCUT2D eigenvalue weighted by atomic mass is 15.3. The van der Waals surface area contributed by atoms with Crippen molar-refractivity contribution < 1.29 is 0 Å². The minimum absolute atomic E-state index is 0.0687. The van der Waals surface area contributed by atoms with Crippen molar-refractivity contribution in [3.05, 3.63) is 0 Å². The Morgan fingerprint density at radius 2 is 2.24 bits per heavy atom. The molecule has 2 atom stereocenters. The summed E-state index contributed by atoms with van der Waals surface area (Å²) in [5.74, 6) is -0.0687. The molecule has 1 fully saturated rings. The minimum atomic E-state index is -0.612. The number of hydrogen-bond acceptors (Lipinski definition) is 4. The van der Waals surface area contributed by atoms with E-state index >= 15 is 0 Å². The summed E-state index contributed by atoms with van der Waals surface area (Å²) in [6.07, 6.45) is 5.66. The van der Waals surface area contributed by atoms with Gasteiger partial charge < -0.3 is 0 Å². The first-order valence-electron chi connectivity index (χ1n) is 6.29. The Labute approximate surface area is 103 Å². The van der Waals surface area contributed by atoms with Crippen molar-refractivity contribution in [2.24, 2.45) is 11.0 Å². The van der Waals surface area contributed by atoms with E-state index in [-0.39, 0.29) is 5.92 Å². The third-order valence-corrected chi connectivity index (χ3v) is 3.18.